The number of rotatable bonds is 6. The van der Waals surface area contributed by atoms with Gasteiger partial charge in [-0.05, 0) is 62.8 Å². The fraction of sp³-hybridized carbons (Fsp3) is 0.333. The lowest BCUT2D eigenvalue weighted by atomic mass is 10.0. The molecule has 3 N–H and O–H groups in total. The van der Waals surface area contributed by atoms with Crippen LogP contribution < -0.4 is 10.6 Å². The minimum atomic E-state index is -0.927. The summed E-state index contributed by atoms with van der Waals surface area (Å²) in [6.45, 7) is 6.51. The molecule has 1 saturated carbocycles. The molecule has 1 heterocycles. The van der Waals surface area contributed by atoms with Crippen molar-refractivity contribution in [3.8, 4) is 0 Å². The van der Waals surface area contributed by atoms with Crippen LogP contribution in [0.25, 0.3) is 10.9 Å². The summed E-state index contributed by atoms with van der Waals surface area (Å²) in [5.74, 6) is -0.366. The van der Waals surface area contributed by atoms with Crippen LogP contribution in [0, 0.1) is 26.2 Å². The Morgan fingerprint density at radius 1 is 1.03 bits per heavy atom. The third-order valence-corrected chi connectivity index (χ3v) is 5.89. The average Bonchev–Trinajstić information content (AvgIpc) is 3.41. The number of carbonyl (C=O) groups excluding carboxylic acids is 2. The number of anilines is 1. The molecule has 1 aromatic heterocycles. The number of carbonyl (C=O) groups is 2. The van der Waals surface area contributed by atoms with Crippen molar-refractivity contribution in [1.29, 1.82) is 0 Å². The second kappa shape index (κ2) is 7.39. The van der Waals surface area contributed by atoms with E-state index in [1.54, 1.807) is 0 Å². The van der Waals surface area contributed by atoms with Gasteiger partial charge >= 0.3 is 0 Å². The van der Waals surface area contributed by atoms with E-state index in [1.807, 2.05) is 57.3 Å². The number of hydrogen-bond acceptors (Lipinski definition) is 2. The molecule has 4 rings (SSSR count). The number of H-pyrrole nitrogens is 1. The zero-order chi connectivity index (χ0) is 20.6. The van der Waals surface area contributed by atoms with E-state index in [4.69, 9.17) is 0 Å². The van der Waals surface area contributed by atoms with Crippen LogP contribution in [0.5, 0.6) is 0 Å². The maximum atomic E-state index is 12.9. The van der Waals surface area contributed by atoms with Crippen LogP contribution in [-0.2, 0) is 16.0 Å². The van der Waals surface area contributed by atoms with Crippen molar-refractivity contribution in [2.75, 3.05) is 11.9 Å². The molecule has 0 bridgehead atoms. The Morgan fingerprint density at radius 3 is 2.41 bits per heavy atom. The predicted octanol–water partition coefficient (Wildman–Crippen LogP) is 4.17. The Hall–Kier alpha value is -3.08. The topological polar surface area (TPSA) is 74.0 Å². The highest BCUT2D eigenvalue weighted by Crippen LogP contribution is 2.47. The SMILES string of the molecule is Cc1cc(C)c(NC(=O)C2(C(=O)NCCc3c[nH]c4ccccc34)CC2)c(C)c1. The van der Waals surface area contributed by atoms with Crippen molar-refractivity contribution in [3.63, 3.8) is 0 Å². The van der Waals surface area contributed by atoms with Crippen molar-refractivity contribution in [2.24, 2.45) is 5.41 Å². The molecule has 2 aromatic carbocycles. The Bertz CT molecular complexity index is 1070. The van der Waals surface area contributed by atoms with Crippen LogP contribution >= 0.6 is 0 Å². The van der Waals surface area contributed by atoms with Gasteiger partial charge in [-0.2, -0.15) is 0 Å². The zero-order valence-corrected chi connectivity index (χ0v) is 17.2. The van der Waals surface area contributed by atoms with Gasteiger partial charge in [-0.25, -0.2) is 0 Å². The molecule has 2 amide bonds. The molecule has 3 aromatic rings. The minimum Gasteiger partial charge on any atom is -0.361 e. The lowest BCUT2D eigenvalue weighted by Crippen LogP contribution is -2.40. The first-order chi connectivity index (χ1) is 13.9. The molecule has 0 spiro atoms. The van der Waals surface area contributed by atoms with E-state index in [1.165, 1.54) is 10.9 Å². The number of aryl methyl sites for hydroxylation is 3. The van der Waals surface area contributed by atoms with Gasteiger partial charge in [0.25, 0.3) is 0 Å². The lowest BCUT2D eigenvalue weighted by Gasteiger charge is -2.18. The number of para-hydroxylation sites is 1. The number of aromatic amines is 1. The molecule has 29 heavy (non-hydrogen) atoms. The van der Waals surface area contributed by atoms with Gasteiger partial charge < -0.3 is 15.6 Å². The van der Waals surface area contributed by atoms with Crippen LogP contribution in [0.3, 0.4) is 0 Å². The van der Waals surface area contributed by atoms with Gasteiger partial charge in [0.1, 0.15) is 5.41 Å². The smallest absolute Gasteiger partial charge is 0.240 e. The fourth-order valence-electron chi connectivity index (χ4n) is 4.11. The van der Waals surface area contributed by atoms with Gasteiger partial charge in [-0.3, -0.25) is 9.59 Å². The van der Waals surface area contributed by atoms with Crippen LogP contribution in [0.2, 0.25) is 0 Å². The molecule has 5 heteroatoms. The van der Waals surface area contributed by atoms with E-state index in [0.717, 1.165) is 34.3 Å². The second-order valence-electron chi connectivity index (χ2n) is 8.18. The molecule has 0 saturated heterocycles. The Labute approximate surface area is 170 Å². The number of aromatic nitrogens is 1. The summed E-state index contributed by atoms with van der Waals surface area (Å²) in [4.78, 5) is 29.0. The summed E-state index contributed by atoms with van der Waals surface area (Å²) in [6, 6.07) is 12.2. The quantitative estimate of drug-likeness (QED) is 0.554. The third kappa shape index (κ3) is 3.65. The summed E-state index contributed by atoms with van der Waals surface area (Å²) in [6.07, 6.45) is 3.91. The summed E-state index contributed by atoms with van der Waals surface area (Å²) in [5, 5.41) is 7.16. The Kier molecular flexibility index (Phi) is 4.91. The summed E-state index contributed by atoms with van der Waals surface area (Å²) in [5.41, 5.74) is 5.35. The average molecular weight is 389 g/mol. The van der Waals surface area contributed by atoms with E-state index in [9.17, 15) is 9.59 Å². The van der Waals surface area contributed by atoms with Gasteiger partial charge in [0.15, 0.2) is 0 Å². The number of fused-ring (bicyclic) bond motifs is 1. The minimum absolute atomic E-state index is 0.169. The molecule has 1 aliphatic rings. The van der Waals surface area contributed by atoms with Crippen LogP contribution in [0.1, 0.15) is 35.1 Å². The van der Waals surface area contributed by atoms with Crippen LogP contribution in [0.15, 0.2) is 42.6 Å². The first-order valence-electron chi connectivity index (χ1n) is 10.1. The number of hydrogen-bond donors (Lipinski definition) is 3. The first-order valence-corrected chi connectivity index (χ1v) is 10.1. The highest BCUT2D eigenvalue weighted by atomic mass is 16.2. The van der Waals surface area contributed by atoms with Gasteiger partial charge in [0, 0.05) is 29.3 Å². The molecule has 0 unspecified atom stereocenters. The molecular formula is C24H27N3O2. The normalized spacial score (nSPS) is 14.6. The molecule has 150 valence electrons. The van der Waals surface area contributed by atoms with Crippen molar-refractivity contribution in [2.45, 2.75) is 40.0 Å². The monoisotopic (exact) mass is 389 g/mol. The lowest BCUT2D eigenvalue weighted by molar-refractivity contribution is -0.134. The highest BCUT2D eigenvalue weighted by Gasteiger charge is 2.56. The fourth-order valence-corrected chi connectivity index (χ4v) is 4.11. The number of benzene rings is 2. The van der Waals surface area contributed by atoms with E-state index in [0.29, 0.717) is 19.4 Å². The molecule has 1 fully saturated rings. The summed E-state index contributed by atoms with van der Waals surface area (Å²) >= 11 is 0. The molecular weight excluding hydrogens is 362 g/mol. The van der Waals surface area contributed by atoms with Gasteiger partial charge in [0.2, 0.25) is 11.8 Å². The van der Waals surface area contributed by atoms with Crippen molar-refractivity contribution in [3.05, 3.63) is 64.8 Å². The second-order valence-corrected chi connectivity index (χ2v) is 8.18. The van der Waals surface area contributed by atoms with E-state index in [-0.39, 0.29) is 11.8 Å². The maximum absolute atomic E-state index is 12.9. The standard InChI is InChI=1S/C24H27N3O2/c1-15-12-16(2)21(17(3)13-15)27-23(29)24(9-10-24)22(28)25-11-8-18-14-26-20-7-5-4-6-19(18)20/h4-7,12-14,26H,8-11H2,1-3H3,(H,25,28)(H,27,29). The predicted molar refractivity (Wildman–Crippen MR) is 116 cm³/mol. The van der Waals surface area contributed by atoms with Gasteiger partial charge in [0.05, 0.1) is 0 Å². The van der Waals surface area contributed by atoms with Gasteiger partial charge in [-0.1, -0.05) is 35.9 Å². The first kappa shape index (κ1) is 19.2. The summed E-state index contributed by atoms with van der Waals surface area (Å²) in [7, 11) is 0. The molecule has 0 atom stereocenters. The van der Waals surface area contributed by atoms with Gasteiger partial charge in [-0.15, -0.1) is 0 Å². The Balaban J connectivity index is 1.39. The van der Waals surface area contributed by atoms with Crippen LogP contribution in [0.4, 0.5) is 5.69 Å². The molecule has 0 radical (unpaired) electrons. The molecule has 1 aliphatic carbocycles. The van der Waals surface area contributed by atoms with Crippen molar-refractivity contribution >= 4 is 28.4 Å². The largest absolute Gasteiger partial charge is 0.361 e. The molecule has 5 nitrogen and oxygen atoms in total. The van der Waals surface area contributed by atoms with E-state index >= 15 is 0 Å². The number of nitrogens with one attached hydrogen (secondary N) is 3. The highest BCUT2D eigenvalue weighted by molar-refractivity contribution is 6.13. The van der Waals surface area contributed by atoms with Crippen molar-refractivity contribution < 1.29 is 9.59 Å². The molecule has 0 aliphatic heterocycles. The van der Waals surface area contributed by atoms with E-state index < -0.39 is 5.41 Å². The zero-order valence-electron chi connectivity index (χ0n) is 17.2. The number of amides is 2. The Morgan fingerprint density at radius 2 is 1.72 bits per heavy atom. The third-order valence-electron chi connectivity index (χ3n) is 5.89. The van der Waals surface area contributed by atoms with Crippen LogP contribution in [-0.4, -0.2) is 23.3 Å². The summed E-state index contributed by atoms with van der Waals surface area (Å²) < 4.78 is 0. The van der Waals surface area contributed by atoms with Crippen molar-refractivity contribution in [1.82, 2.24) is 10.3 Å². The van der Waals surface area contributed by atoms with E-state index in [2.05, 4.69) is 21.7 Å². The maximum Gasteiger partial charge on any atom is 0.240 e.